The monoisotopic (exact) mass is 346 g/mol. The first-order valence-corrected chi connectivity index (χ1v) is 9.99. The molecule has 1 saturated carbocycles. The number of nitrogens with one attached hydrogen (secondary N) is 1. The van der Waals surface area contributed by atoms with E-state index in [9.17, 15) is 9.18 Å². The van der Waals surface area contributed by atoms with Gasteiger partial charge in [0.25, 0.3) is 0 Å². The van der Waals surface area contributed by atoms with Crippen molar-refractivity contribution in [3.05, 3.63) is 35.6 Å². The van der Waals surface area contributed by atoms with Crippen LogP contribution in [0.4, 0.5) is 4.39 Å². The Balaban J connectivity index is 1.45. The number of nitrogens with zero attached hydrogens (tertiary/aromatic N) is 1. The number of hydrogen-bond acceptors (Lipinski definition) is 2. The summed E-state index contributed by atoms with van der Waals surface area (Å²) in [7, 11) is 0. The van der Waals surface area contributed by atoms with Gasteiger partial charge in [0.1, 0.15) is 5.82 Å². The Labute approximate surface area is 151 Å². The van der Waals surface area contributed by atoms with E-state index in [1.54, 1.807) is 12.1 Å². The van der Waals surface area contributed by atoms with Crippen LogP contribution in [0, 0.1) is 5.82 Å². The van der Waals surface area contributed by atoms with Crippen molar-refractivity contribution in [2.45, 2.75) is 76.3 Å². The van der Waals surface area contributed by atoms with Crippen LogP contribution in [-0.2, 0) is 11.2 Å². The van der Waals surface area contributed by atoms with Gasteiger partial charge >= 0.3 is 0 Å². The Morgan fingerprint density at radius 1 is 1.08 bits per heavy atom. The summed E-state index contributed by atoms with van der Waals surface area (Å²) in [5.41, 5.74) is 0.626. The van der Waals surface area contributed by atoms with Crippen LogP contribution in [0.25, 0.3) is 0 Å². The number of rotatable bonds is 5. The largest absolute Gasteiger partial charge is 0.352 e. The molecule has 2 aliphatic rings. The second-order valence-corrected chi connectivity index (χ2v) is 7.64. The van der Waals surface area contributed by atoms with Gasteiger partial charge in [0, 0.05) is 25.0 Å². The molecule has 0 aromatic heterocycles. The van der Waals surface area contributed by atoms with E-state index >= 15 is 0 Å². The van der Waals surface area contributed by atoms with Gasteiger partial charge in [-0.1, -0.05) is 43.9 Å². The Morgan fingerprint density at radius 3 is 2.60 bits per heavy atom. The van der Waals surface area contributed by atoms with Crippen molar-refractivity contribution in [1.29, 1.82) is 0 Å². The molecule has 3 rings (SSSR count). The molecule has 0 unspecified atom stereocenters. The normalized spacial score (nSPS) is 23.2. The van der Waals surface area contributed by atoms with Crippen molar-refractivity contribution in [2.24, 2.45) is 0 Å². The summed E-state index contributed by atoms with van der Waals surface area (Å²) >= 11 is 0. The van der Waals surface area contributed by atoms with Crippen LogP contribution >= 0.6 is 0 Å². The Hall–Kier alpha value is -1.42. The first-order chi connectivity index (χ1) is 12.2. The molecule has 25 heavy (non-hydrogen) atoms. The molecule has 1 atom stereocenters. The average Bonchev–Trinajstić information content (AvgIpc) is 2.91. The van der Waals surface area contributed by atoms with Gasteiger partial charge in [-0.3, -0.25) is 9.69 Å². The van der Waals surface area contributed by atoms with E-state index in [1.807, 2.05) is 6.07 Å². The van der Waals surface area contributed by atoms with E-state index in [0.717, 1.165) is 19.4 Å². The number of halogens is 1. The molecular weight excluding hydrogens is 315 g/mol. The van der Waals surface area contributed by atoms with Crippen LogP contribution in [0.3, 0.4) is 0 Å². The quantitative estimate of drug-likeness (QED) is 0.816. The summed E-state index contributed by atoms with van der Waals surface area (Å²) in [5.74, 6) is -0.163. The predicted octanol–water partition coefficient (Wildman–Crippen LogP) is 4.06. The number of amides is 1. The maximum Gasteiger partial charge on any atom is 0.220 e. The van der Waals surface area contributed by atoms with Crippen LogP contribution in [0.5, 0.6) is 0 Å². The number of likely N-dealkylation sites (tertiary alicyclic amines) is 1. The average molecular weight is 346 g/mol. The van der Waals surface area contributed by atoms with E-state index in [0.29, 0.717) is 24.4 Å². The lowest BCUT2D eigenvalue weighted by Gasteiger charge is -2.38. The van der Waals surface area contributed by atoms with Gasteiger partial charge in [-0.2, -0.15) is 0 Å². The minimum Gasteiger partial charge on any atom is -0.352 e. The third kappa shape index (κ3) is 5.53. The van der Waals surface area contributed by atoms with E-state index < -0.39 is 0 Å². The van der Waals surface area contributed by atoms with Crippen molar-refractivity contribution in [3.8, 4) is 0 Å². The molecule has 4 heteroatoms. The van der Waals surface area contributed by atoms with Crippen LogP contribution < -0.4 is 5.32 Å². The molecular formula is C21H31FN2O. The smallest absolute Gasteiger partial charge is 0.220 e. The fourth-order valence-electron chi connectivity index (χ4n) is 4.33. The first kappa shape index (κ1) is 18.4. The first-order valence-electron chi connectivity index (χ1n) is 9.99. The van der Waals surface area contributed by atoms with Crippen LogP contribution in [0.2, 0.25) is 0 Å². The zero-order valence-electron chi connectivity index (χ0n) is 15.2. The standard InChI is InChI=1S/C21H31FN2O/c22-20-12-6-5-8-17(20)13-14-21(25)23-18-9-7-15-24(16-18)19-10-3-1-2-4-11-19/h5-6,8,12,18-19H,1-4,7,9-11,13-16H2,(H,23,25)/t18-/m0/s1. The van der Waals surface area contributed by atoms with Crippen LogP contribution in [0.1, 0.15) is 63.4 Å². The second-order valence-electron chi connectivity index (χ2n) is 7.64. The van der Waals surface area contributed by atoms with Gasteiger partial charge in [-0.25, -0.2) is 4.39 Å². The second kappa shape index (κ2) is 9.33. The molecule has 2 fully saturated rings. The summed E-state index contributed by atoms with van der Waals surface area (Å²) < 4.78 is 13.7. The molecule has 1 heterocycles. The molecule has 1 aromatic rings. The number of carbonyl (C=O) groups is 1. The maximum absolute atomic E-state index is 13.7. The van der Waals surface area contributed by atoms with Gasteiger partial charge in [-0.05, 0) is 50.3 Å². The number of hydrogen-bond donors (Lipinski definition) is 1. The molecule has 0 bridgehead atoms. The Kier molecular flexibility index (Phi) is 6.85. The minimum absolute atomic E-state index is 0.0518. The van der Waals surface area contributed by atoms with Gasteiger partial charge in [0.05, 0.1) is 0 Å². The van der Waals surface area contributed by atoms with Crippen molar-refractivity contribution in [3.63, 3.8) is 0 Å². The molecule has 1 saturated heterocycles. The van der Waals surface area contributed by atoms with Gasteiger partial charge < -0.3 is 5.32 Å². The van der Waals surface area contributed by atoms with Crippen LogP contribution in [0.15, 0.2) is 24.3 Å². The summed E-state index contributed by atoms with van der Waals surface area (Å²) in [6, 6.07) is 7.69. The lowest BCUT2D eigenvalue weighted by atomic mass is 9.99. The molecule has 0 spiro atoms. The van der Waals surface area contributed by atoms with Crippen LogP contribution in [-0.4, -0.2) is 36.0 Å². The molecule has 0 radical (unpaired) electrons. The van der Waals surface area contributed by atoms with Crippen molar-refractivity contribution in [2.75, 3.05) is 13.1 Å². The zero-order chi connectivity index (χ0) is 17.5. The minimum atomic E-state index is -0.215. The molecule has 1 N–H and O–H groups in total. The molecule has 1 aliphatic heterocycles. The molecule has 1 aliphatic carbocycles. The van der Waals surface area contributed by atoms with E-state index in [4.69, 9.17) is 0 Å². The fourth-order valence-corrected chi connectivity index (χ4v) is 4.33. The maximum atomic E-state index is 13.7. The highest BCUT2D eigenvalue weighted by Gasteiger charge is 2.27. The highest BCUT2D eigenvalue weighted by Crippen LogP contribution is 2.24. The fraction of sp³-hybridized carbons (Fsp3) is 0.667. The predicted molar refractivity (Wildman–Crippen MR) is 98.9 cm³/mol. The summed E-state index contributed by atoms with van der Waals surface area (Å²) in [5, 5.41) is 3.19. The Morgan fingerprint density at radius 2 is 1.84 bits per heavy atom. The lowest BCUT2D eigenvalue weighted by molar-refractivity contribution is -0.122. The highest BCUT2D eigenvalue weighted by atomic mass is 19.1. The highest BCUT2D eigenvalue weighted by molar-refractivity contribution is 5.76. The van der Waals surface area contributed by atoms with E-state index in [-0.39, 0.29) is 17.8 Å². The number of carbonyl (C=O) groups excluding carboxylic acids is 1. The van der Waals surface area contributed by atoms with Gasteiger partial charge in [-0.15, -0.1) is 0 Å². The molecule has 1 aromatic carbocycles. The molecule has 1 amide bonds. The summed E-state index contributed by atoms with van der Waals surface area (Å²) in [6.07, 6.45) is 11.1. The van der Waals surface area contributed by atoms with Crippen molar-refractivity contribution >= 4 is 5.91 Å². The molecule has 138 valence electrons. The Bertz CT molecular complexity index is 555. The number of benzene rings is 1. The van der Waals surface area contributed by atoms with Crippen molar-refractivity contribution < 1.29 is 9.18 Å². The number of piperidine rings is 1. The van der Waals surface area contributed by atoms with Gasteiger partial charge in [0.15, 0.2) is 0 Å². The zero-order valence-corrected chi connectivity index (χ0v) is 15.2. The summed E-state index contributed by atoms with van der Waals surface area (Å²) in [6.45, 7) is 2.16. The summed E-state index contributed by atoms with van der Waals surface area (Å²) in [4.78, 5) is 14.9. The lowest BCUT2D eigenvalue weighted by Crippen LogP contribution is -2.50. The SMILES string of the molecule is O=C(CCc1ccccc1F)N[C@H]1CCCN(C2CCCCCC2)C1. The molecule has 3 nitrogen and oxygen atoms in total. The number of aryl methyl sites for hydroxylation is 1. The van der Waals surface area contributed by atoms with Crippen molar-refractivity contribution in [1.82, 2.24) is 10.2 Å². The topological polar surface area (TPSA) is 32.3 Å². The van der Waals surface area contributed by atoms with E-state index in [2.05, 4.69) is 10.2 Å². The third-order valence-electron chi connectivity index (χ3n) is 5.74. The third-order valence-corrected chi connectivity index (χ3v) is 5.74. The van der Waals surface area contributed by atoms with E-state index in [1.165, 1.54) is 51.1 Å². The van der Waals surface area contributed by atoms with Gasteiger partial charge in [0.2, 0.25) is 5.91 Å².